The molecule has 0 bridgehead atoms. The lowest BCUT2D eigenvalue weighted by atomic mass is 9.99. The standard InChI is InChI=1S/C12H19IN4O/c1-2-17(7-9-4-3-5-14-6-9)11-10(13)12(18)16-8-15-11/h8-9,14H,2-7H2,1H3,(H,15,16,18). The molecule has 18 heavy (non-hydrogen) atoms. The number of H-pyrrole nitrogens is 1. The van der Waals surface area contributed by atoms with E-state index >= 15 is 0 Å². The van der Waals surface area contributed by atoms with Gasteiger partial charge in [0.1, 0.15) is 9.39 Å². The predicted octanol–water partition coefficient (Wildman–Crippen LogP) is 1.20. The molecule has 1 aliphatic rings. The van der Waals surface area contributed by atoms with E-state index in [2.05, 4.69) is 49.7 Å². The predicted molar refractivity (Wildman–Crippen MR) is 81.1 cm³/mol. The van der Waals surface area contributed by atoms with Crippen molar-refractivity contribution in [3.8, 4) is 0 Å². The van der Waals surface area contributed by atoms with Crippen LogP contribution in [-0.4, -0.2) is 36.1 Å². The number of hydrogen-bond donors (Lipinski definition) is 2. The number of aromatic nitrogens is 2. The van der Waals surface area contributed by atoms with Gasteiger partial charge in [-0.1, -0.05) is 0 Å². The fourth-order valence-corrected chi connectivity index (χ4v) is 2.99. The Labute approximate surface area is 121 Å². The van der Waals surface area contributed by atoms with Crippen LogP contribution >= 0.6 is 22.6 Å². The summed E-state index contributed by atoms with van der Waals surface area (Å²) in [6.45, 7) is 6.15. The molecule has 1 fully saturated rings. The maximum atomic E-state index is 11.6. The van der Waals surface area contributed by atoms with Gasteiger partial charge in [-0.2, -0.15) is 0 Å². The molecule has 1 aliphatic heterocycles. The molecule has 0 radical (unpaired) electrons. The molecule has 1 atom stereocenters. The molecule has 1 saturated heterocycles. The third-order valence-electron chi connectivity index (χ3n) is 3.34. The van der Waals surface area contributed by atoms with Crippen molar-refractivity contribution in [1.29, 1.82) is 0 Å². The fourth-order valence-electron chi connectivity index (χ4n) is 2.35. The van der Waals surface area contributed by atoms with E-state index in [9.17, 15) is 4.79 Å². The van der Waals surface area contributed by atoms with Crippen LogP contribution in [0.4, 0.5) is 5.82 Å². The van der Waals surface area contributed by atoms with Gasteiger partial charge in [0.2, 0.25) is 0 Å². The third-order valence-corrected chi connectivity index (χ3v) is 4.31. The van der Waals surface area contributed by atoms with Gasteiger partial charge < -0.3 is 15.2 Å². The highest BCUT2D eigenvalue weighted by molar-refractivity contribution is 14.1. The van der Waals surface area contributed by atoms with E-state index in [1.807, 2.05) is 0 Å². The summed E-state index contributed by atoms with van der Waals surface area (Å²) in [4.78, 5) is 20.7. The topological polar surface area (TPSA) is 61.0 Å². The van der Waals surface area contributed by atoms with Crippen LogP contribution in [0.5, 0.6) is 0 Å². The maximum Gasteiger partial charge on any atom is 0.266 e. The molecule has 100 valence electrons. The number of nitrogens with one attached hydrogen (secondary N) is 2. The zero-order valence-corrected chi connectivity index (χ0v) is 12.7. The lowest BCUT2D eigenvalue weighted by Gasteiger charge is -2.30. The van der Waals surface area contributed by atoms with Crippen molar-refractivity contribution in [3.63, 3.8) is 0 Å². The molecule has 1 aromatic rings. The number of aromatic amines is 1. The molecule has 0 spiro atoms. The van der Waals surface area contributed by atoms with Crippen molar-refractivity contribution in [1.82, 2.24) is 15.3 Å². The van der Waals surface area contributed by atoms with E-state index in [-0.39, 0.29) is 5.56 Å². The zero-order chi connectivity index (χ0) is 13.0. The summed E-state index contributed by atoms with van der Waals surface area (Å²) >= 11 is 2.07. The number of rotatable bonds is 4. The van der Waals surface area contributed by atoms with E-state index in [0.29, 0.717) is 9.49 Å². The molecule has 2 N–H and O–H groups in total. The largest absolute Gasteiger partial charge is 0.355 e. The molecule has 2 heterocycles. The van der Waals surface area contributed by atoms with Crippen molar-refractivity contribution in [2.24, 2.45) is 5.92 Å². The molecule has 0 aromatic carbocycles. The van der Waals surface area contributed by atoms with Crippen LogP contribution in [0, 0.1) is 9.49 Å². The Balaban J connectivity index is 2.12. The normalized spacial score (nSPS) is 19.8. The van der Waals surface area contributed by atoms with Crippen LogP contribution in [-0.2, 0) is 0 Å². The maximum absolute atomic E-state index is 11.6. The number of anilines is 1. The van der Waals surface area contributed by atoms with Crippen LogP contribution in [0.25, 0.3) is 0 Å². The highest BCUT2D eigenvalue weighted by atomic mass is 127. The summed E-state index contributed by atoms with van der Waals surface area (Å²) in [6, 6.07) is 0. The highest BCUT2D eigenvalue weighted by Crippen LogP contribution is 2.19. The monoisotopic (exact) mass is 362 g/mol. The van der Waals surface area contributed by atoms with Gasteiger partial charge in [0.05, 0.1) is 6.33 Å². The Kier molecular flexibility index (Phi) is 4.99. The quantitative estimate of drug-likeness (QED) is 0.791. The lowest BCUT2D eigenvalue weighted by Crippen LogP contribution is -2.39. The minimum absolute atomic E-state index is 0.0548. The summed E-state index contributed by atoms with van der Waals surface area (Å²) in [6.07, 6.45) is 3.98. The van der Waals surface area contributed by atoms with Gasteiger partial charge in [-0.25, -0.2) is 4.98 Å². The Bertz CT molecular complexity index is 442. The average molecular weight is 362 g/mol. The van der Waals surface area contributed by atoms with Crippen LogP contribution in [0.2, 0.25) is 0 Å². The van der Waals surface area contributed by atoms with Gasteiger partial charge in [0.25, 0.3) is 5.56 Å². The molecule has 1 aromatic heterocycles. The molecule has 0 saturated carbocycles. The Morgan fingerprint density at radius 3 is 3.11 bits per heavy atom. The van der Waals surface area contributed by atoms with Crippen LogP contribution < -0.4 is 15.8 Å². The number of piperidine rings is 1. The van der Waals surface area contributed by atoms with Crippen LogP contribution in [0.1, 0.15) is 19.8 Å². The second-order valence-corrected chi connectivity index (χ2v) is 5.70. The van der Waals surface area contributed by atoms with Crippen molar-refractivity contribution >= 4 is 28.4 Å². The van der Waals surface area contributed by atoms with Crippen molar-refractivity contribution in [2.75, 3.05) is 31.1 Å². The molecule has 6 heteroatoms. The van der Waals surface area contributed by atoms with Gasteiger partial charge in [0.15, 0.2) is 0 Å². The van der Waals surface area contributed by atoms with Crippen LogP contribution in [0.15, 0.2) is 11.1 Å². The van der Waals surface area contributed by atoms with Crippen LogP contribution in [0.3, 0.4) is 0 Å². The van der Waals surface area contributed by atoms with Crippen molar-refractivity contribution in [2.45, 2.75) is 19.8 Å². The number of nitrogens with zero attached hydrogens (tertiary/aromatic N) is 2. The van der Waals surface area contributed by atoms with Gasteiger partial charge in [-0.05, 0) is 61.4 Å². The van der Waals surface area contributed by atoms with E-state index in [0.717, 1.165) is 32.0 Å². The second-order valence-electron chi connectivity index (χ2n) is 4.62. The van der Waals surface area contributed by atoms with Crippen molar-refractivity contribution < 1.29 is 0 Å². The first-order chi connectivity index (χ1) is 8.72. The van der Waals surface area contributed by atoms with E-state index in [1.165, 1.54) is 19.2 Å². The Morgan fingerprint density at radius 2 is 2.44 bits per heavy atom. The van der Waals surface area contributed by atoms with E-state index in [1.54, 1.807) is 0 Å². The molecule has 5 nitrogen and oxygen atoms in total. The highest BCUT2D eigenvalue weighted by Gasteiger charge is 2.19. The molecule has 1 unspecified atom stereocenters. The third kappa shape index (κ3) is 3.23. The summed E-state index contributed by atoms with van der Waals surface area (Å²) in [5.41, 5.74) is -0.0548. The summed E-state index contributed by atoms with van der Waals surface area (Å²) in [7, 11) is 0. The molecule has 0 aliphatic carbocycles. The van der Waals surface area contributed by atoms with E-state index in [4.69, 9.17) is 0 Å². The average Bonchev–Trinajstić information content (AvgIpc) is 2.41. The summed E-state index contributed by atoms with van der Waals surface area (Å²) < 4.78 is 0.681. The minimum atomic E-state index is -0.0548. The van der Waals surface area contributed by atoms with Gasteiger partial charge in [0, 0.05) is 13.1 Å². The molecule has 0 amide bonds. The molecular weight excluding hydrogens is 343 g/mol. The number of halogens is 1. The smallest absolute Gasteiger partial charge is 0.266 e. The summed E-state index contributed by atoms with van der Waals surface area (Å²) in [5, 5.41) is 3.42. The lowest BCUT2D eigenvalue weighted by molar-refractivity contribution is 0.377. The molecule has 2 rings (SSSR count). The molecular formula is C12H19IN4O. The van der Waals surface area contributed by atoms with E-state index < -0.39 is 0 Å². The SMILES string of the molecule is CCN(CC1CCCNC1)c1nc[nH]c(=O)c1I. The summed E-state index contributed by atoms with van der Waals surface area (Å²) in [5.74, 6) is 1.46. The first-order valence-electron chi connectivity index (χ1n) is 6.41. The fraction of sp³-hybridized carbons (Fsp3) is 0.667. The Hall–Kier alpha value is -0.630. The van der Waals surface area contributed by atoms with Gasteiger partial charge in [-0.15, -0.1) is 0 Å². The first kappa shape index (κ1) is 13.8. The number of hydrogen-bond acceptors (Lipinski definition) is 4. The van der Waals surface area contributed by atoms with Gasteiger partial charge in [-0.3, -0.25) is 4.79 Å². The first-order valence-corrected chi connectivity index (χ1v) is 7.49. The van der Waals surface area contributed by atoms with Gasteiger partial charge >= 0.3 is 0 Å². The Morgan fingerprint density at radius 1 is 1.61 bits per heavy atom. The van der Waals surface area contributed by atoms with Crippen molar-refractivity contribution in [3.05, 3.63) is 20.3 Å². The minimum Gasteiger partial charge on any atom is -0.355 e. The zero-order valence-electron chi connectivity index (χ0n) is 10.6. The second kappa shape index (κ2) is 6.51.